The maximum Gasteiger partial charge on any atom is 0.124 e. The highest BCUT2D eigenvalue weighted by Gasteiger charge is 2.12. The van der Waals surface area contributed by atoms with E-state index in [0.717, 1.165) is 11.1 Å². The molecular weight excluding hydrogens is 257 g/mol. The summed E-state index contributed by atoms with van der Waals surface area (Å²) in [7, 11) is 0. The van der Waals surface area contributed by atoms with E-state index in [4.69, 9.17) is 17.3 Å². The second-order valence-electron chi connectivity index (χ2n) is 4.06. The van der Waals surface area contributed by atoms with Gasteiger partial charge in [0.05, 0.1) is 0 Å². The van der Waals surface area contributed by atoms with E-state index in [1.165, 1.54) is 17.7 Å². The molecule has 0 aliphatic heterocycles. The van der Waals surface area contributed by atoms with Gasteiger partial charge in [0.15, 0.2) is 0 Å². The highest BCUT2D eigenvalue weighted by Crippen LogP contribution is 2.26. The van der Waals surface area contributed by atoms with E-state index >= 15 is 0 Å². The van der Waals surface area contributed by atoms with E-state index in [1.807, 2.05) is 6.92 Å². The standard InChI is InChI=1S/C13H13ClFNS/c1-8-6-17-7-11(8)13(16)4-9-2-3-10(15)5-12(9)14/h2-3,5-7,13H,4,16H2,1H3. The first-order valence-corrected chi connectivity index (χ1v) is 6.62. The molecular formula is C13H13ClFNS. The third kappa shape index (κ3) is 2.86. The predicted molar refractivity (Wildman–Crippen MR) is 71.1 cm³/mol. The van der Waals surface area contributed by atoms with Crippen LogP contribution in [-0.2, 0) is 6.42 Å². The Morgan fingerprint density at radius 1 is 1.41 bits per heavy atom. The average Bonchev–Trinajstić information content (AvgIpc) is 2.68. The van der Waals surface area contributed by atoms with Crippen molar-refractivity contribution in [3.63, 3.8) is 0 Å². The lowest BCUT2D eigenvalue weighted by molar-refractivity contribution is 0.625. The highest BCUT2D eigenvalue weighted by atomic mass is 35.5. The van der Waals surface area contributed by atoms with Gasteiger partial charge in [-0.1, -0.05) is 17.7 Å². The summed E-state index contributed by atoms with van der Waals surface area (Å²) in [4.78, 5) is 0. The Morgan fingerprint density at radius 3 is 2.76 bits per heavy atom. The summed E-state index contributed by atoms with van der Waals surface area (Å²) in [6.07, 6.45) is 0.622. The molecule has 1 nitrogen and oxygen atoms in total. The van der Waals surface area contributed by atoms with Crippen molar-refractivity contribution in [2.75, 3.05) is 0 Å². The molecule has 0 saturated carbocycles. The van der Waals surface area contributed by atoms with Crippen molar-refractivity contribution in [3.8, 4) is 0 Å². The van der Waals surface area contributed by atoms with Gasteiger partial charge in [0, 0.05) is 11.1 Å². The summed E-state index contributed by atoms with van der Waals surface area (Å²) >= 11 is 7.62. The van der Waals surface area contributed by atoms with E-state index < -0.39 is 0 Å². The maximum atomic E-state index is 12.9. The summed E-state index contributed by atoms with van der Waals surface area (Å²) in [5.41, 5.74) is 9.34. The van der Waals surface area contributed by atoms with E-state index in [-0.39, 0.29) is 11.9 Å². The molecule has 0 amide bonds. The molecule has 0 radical (unpaired) electrons. The molecule has 2 rings (SSSR count). The molecule has 2 aromatic rings. The zero-order valence-electron chi connectivity index (χ0n) is 9.41. The normalized spacial score (nSPS) is 12.7. The minimum atomic E-state index is -0.320. The quantitative estimate of drug-likeness (QED) is 0.892. The van der Waals surface area contributed by atoms with E-state index in [1.54, 1.807) is 17.4 Å². The molecule has 90 valence electrons. The summed E-state index contributed by atoms with van der Waals surface area (Å²) < 4.78 is 12.9. The molecule has 1 aromatic carbocycles. The van der Waals surface area contributed by atoms with Gasteiger partial charge in [0.25, 0.3) is 0 Å². The van der Waals surface area contributed by atoms with Gasteiger partial charge >= 0.3 is 0 Å². The number of thiophene rings is 1. The zero-order valence-corrected chi connectivity index (χ0v) is 11.0. The maximum absolute atomic E-state index is 12.9. The summed E-state index contributed by atoms with van der Waals surface area (Å²) in [6.45, 7) is 2.04. The van der Waals surface area contributed by atoms with Gasteiger partial charge in [0.2, 0.25) is 0 Å². The van der Waals surface area contributed by atoms with Gasteiger partial charge < -0.3 is 5.73 Å². The first-order valence-electron chi connectivity index (χ1n) is 5.30. The highest BCUT2D eigenvalue weighted by molar-refractivity contribution is 7.08. The Hall–Kier alpha value is -0.900. The molecule has 0 aliphatic rings. The van der Waals surface area contributed by atoms with Crippen LogP contribution in [0.4, 0.5) is 4.39 Å². The topological polar surface area (TPSA) is 26.0 Å². The molecule has 1 unspecified atom stereocenters. The molecule has 1 aromatic heterocycles. The number of nitrogens with two attached hydrogens (primary N) is 1. The molecule has 0 fully saturated rings. The van der Waals surface area contributed by atoms with Crippen molar-refractivity contribution >= 4 is 22.9 Å². The van der Waals surface area contributed by atoms with Crippen molar-refractivity contribution < 1.29 is 4.39 Å². The second-order valence-corrected chi connectivity index (χ2v) is 5.21. The van der Waals surface area contributed by atoms with Crippen molar-refractivity contribution in [3.05, 3.63) is 56.5 Å². The summed E-state index contributed by atoms with van der Waals surface area (Å²) in [6, 6.07) is 4.33. The second kappa shape index (κ2) is 5.17. The molecule has 0 aliphatic carbocycles. The van der Waals surface area contributed by atoms with Crippen molar-refractivity contribution in [2.24, 2.45) is 5.73 Å². The minimum Gasteiger partial charge on any atom is -0.324 e. The van der Waals surface area contributed by atoms with Gasteiger partial charge in [0.1, 0.15) is 5.82 Å². The average molecular weight is 270 g/mol. The Labute approximate surface area is 109 Å². The molecule has 0 bridgehead atoms. The van der Waals surface area contributed by atoms with Crippen LogP contribution in [0.5, 0.6) is 0 Å². The van der Waals surface area contributed by atoms with Crippen LogP contribution in [0.25, 0.3) is 0 Å². The number of benzene rings is 1. The van der Waals surface area contributed by atoms with E-state index in [9.17, 15) is 4.39 Å². The lowest BCUT2D eigenvalue weighted by Crippen LogP contribution is -2.13. The molecule has 0 saturated heterocycles. The molecule has 4 heteroatoms. The third-order valence-corrected chi connectivity index (χ3v) is 3.98. The predicted octanol–water partition coefficient (Wildman–Crippen LogP) is 4.09. The SMILES string of the molecule is Cc1cscc1C(N)Cc1ccc(F)cc1Cl. The van der Waals surface area contributed by atoms with Crippen molar-refractivity contribution in [1.82, 2.24) is 0 Å². The van der Waals surface area contributed by atoms with Crippen LogP contribution in [0.15, 0.2) is 29.0 Å². The smallest absolute Gasteiger partial charge is 0.124 e. The van der Waals surface area contributed by atoms with Crippen LogP contribution in [0.3, 0.4) is 0 Å². The number of hydrogen-bond acceptors (Lipinski definition) is 2. The van der Waals surface area contributed by atoms with Crippen LogP contribution in [0.2, 0.25) is 5.02 Å². The first-order chi connectivity index (χ1) is 8.08. The Bertz CT molecular complexity index is 524. The van der Waals surface area contributed by atoms with Gasteiger partial charge in [-0.25, -0.2) is 4.39 Å². The van der Waals surface area contributed by atoms with Crippen LogP contribution in [-0.4, -0.2) is 0 Å². The molecule has 17 heavy (non-hydrogen) atoms. The van der Waals surface area contributed by atoms with Crippen molar-refractivity contribution in [2.45, 2.75) is 19.4 Å². The molecule has 1 heterocycles. The Kier molecular flexibility index (Phi) is 3.82. The van der Waals surface area contributed by atoms with Crippen LogP contribution >= 0.6 is 22.9 Å². The van der Waals surface area contributed by atoms with Crippen molar-refractivity contribution in [1.29, 1.82) is 0 Å². The lowest BCUT2D eigenvalue weighted by Gasteiger charge is -2.12. The van der Waals surface area contributed by atoms with E-state index in [0.29, 0.717) is 11.4 Å². The van der Waals surface area contributed by atoms with Gasteiger partial charge in [-0.3, -0.25) is 0 Å². The third-order valence-electron chi connectivity index (χ3n) is 2.75. The van der Waals surface area contributed by atoms with Crippen LogP contribution < -0.4 is 5.73 Å². The van der Waals surface area contributed by atoms with Crippen LogP contribution in [0.1, 0.15) is 22.7 Å². The van der Waals surface area contributed by atoms with Crippen LogP contribution in [0, 0.1) is 12.7 Å². The fourth-order valence-electron chi connectivity index (χ4n) is 1.78. The molecule has 1 atom stereocenters. The minimum absolute atomic E-state index is 0.0933. The summed E-state index contributed by atoms with van der Waals surface area (Å²) in [5, 5.41) is 4.56. The fourth-order valence-corrected chi connectivity index (χ4v) is 2.94. The first kappa shape index (κ1) is 12.6. The number of hydrogen-bond donors (Lipinski definition) is 1. The van der Waals surface area contributed by atoms with E-state index in [2.05, 4.69) is 10.8 Å². The van der Waals surface area contributed by atoms with Gasteiger partial charge in [-0.15, -0.1) is 0 Å². The number of rotatable bonds is 3. The zero-order chi connectivity index (χ0) is 12.4. The number of halogens is 2. The Morgan fingerprint density at radius 2 is 2.18 bits per heavy atom. The monoisotopic (exact) mass is 269 g/mol. The molecule has 2 N–H and O–H groups in total. The fraction of sp³-hybridized carbons (Fsp3) is 0.231. The largest absolute Gasteiger partial charge is 0.324 e. The Balaban J connectivity index is 2.19. The van der Waals surface area contributed by atoms with Gasteiger partial charge in [-0.05, 0) is 52.9 Å². The number of aryl methyl sites for hydroxylation is 1. The van der Waals surface area contributed by atoms with Gasteiger partial charge in [-0.2, -0.15) is 11.3 Å². The lowest BCUT2D eigenvalue weighted by atomic mass is 9.99. The molecule has 0 spiro atoms. The summed E-state index contributed by atoms with van der Waals surface area (Å²) in [5.74, 6) is -0.320.